The molecule has 0 bridgehead atoms. The molecule has 1 aliphatic carbocycles. The molecule has 0 radical (unpaired) electrons. The van der Waals surface area contributed by atoms with Crippen LogP contribution in [-0.4, -0.2) is 24.0 Å². The molecule has 1 aliphatic rings. The molecule has 3 rings (SSSR count). The van der Waals surface area contributed by atoms with Crippen LogP contribution in [0.5, 0.6) is 5.75 Å². The third-order valence-corrected chi connectivity index (χ3v) is 5.31. The molecule has 0 heterocycles. The SMILES string of the molecule is O=C(COc1ccc(Br)cc1Cl)N(Cc1ccccc1)CC1CCC1. The van der Waals surface area contributed by atoms with E-state index in [9.17, 15) is 4.79 Å². The Bertz CT molecular complexity index is 719. The highest BCUT2D eigenvalue weighted by Gasteiger charge is 2.24. The van der Waals surface area contributed by atoms with E-state index in [1.165, 1.54) is 19.3 Å². The van der Waals surface area contributed by atoms with Gasteiger partial charge in [-0.2, -0.15) is 0 Å². The lowest BCUT2D eigenvalue weighted by molar-refractivity contribution is -0.135. The molecule has 5 heteroatoms. The van der Waals surface area contributed by atoms with Crippen LogP contribution in [0, 0.1) is 5.92 Å². The first kappa shape index (κ1) is 18.3. The van der Waals surface area contributed by atoms with Crippen LogP contribution in [-0.2, 0) is 11.3 Å². The van der Waals surface area contributed by atoms with E-state index >= 15 is 0 Å². The van der Waals surface area contributed by atoms with Crippen LogP contribution in [0.3, 0.4) is 0 Å². The first-order valence-corrected chi connectivity index (χ1v) is 9.68. The Kier molecular flexibility index (Phi) is 6.38. The van der Waals surface area contributed by atoms with Gasteiger partial charge in [-0.3, -0.25) is 4.79 Å². The minimum Gasteiger partial charge on any atom is -0.482 e. The lowest BCUT2D eigenvalue weighted by Crippen LogP contribution is -2.39. The molecule has 0 unspecified atom stereocenters. The van der Waals surface area contributed by atoms with Crippen molar-refractivity contribution in [1.29, 1.82) is 0 Å². The summed E-state index contributed by atoms with van der Waals surface area (Å²) in [4.78, 5) is 14.6. The summed E-state index contributed by atoms with van der Waals surface area (Å²) in [6.07, 6.45) is 3.68. The largest absolute Gasteiger partial charge is 0.482 e. The van der Waals surface area contributed by atoms with Gasteiger partial charge in [0, 0.05) is 17.6 Å². The molecule has 0 atom stereocenters. The van der Waals surface area contributed by atoms with Crippen molar-refractivity contribution in [3.05, 3.63) is 63.6 Å². The van der Waals surface area contributed by atoms with Gasteiger partial charge in [0.2, 0.25) is 0 Å². The maximum absolute atomic E-state index is 12.7. The molecule has 25 heavy (non-hydrogen) atoms. The normalized spacial score (nSPS) is 14.0. The highest BCUT2D eigenvalue weighted by molar-refractivity contribution is 9.10. The van der Waals surface area contributed by atoms with Crippen molar-refractivity contribution < 1.29 is 9.53 Å². The summed E-state index contributed by atoms with van der Waals surface area (Å²) in [7, 11) is 0. The molecule has 3 nitrogen and oxygen atoms in total. The summed E-state index contributed by atoms with van der Waals surface area (Å²) in [5.41, 5.74) is 1.14. The first-order chi connectivity index (χ1) is 12.1. The second kappa shape index (κ2) is 8.72. The van der Waals surface area contributed by atoms with Crippen LogP contribution < -0.4 is 4.74 Å². The van der Waals surface area contributed by atoms with Crippen molar-refractivity contribution in [1.82, 2.24) is 4.90 Å². The summed E-state index contributed by atoms with van der Waals surface area (Å²) in [6.45, 7) is 1.42. The monoisotopic (exact) mass is 421 g/mol. The molecule has 0 spiro atoms. The average Bonchev–Trinajstić information content (AvgIpc) is 2.57. The van der Waals surface area contributed by atoms with Gasteiger partial charge in [-0.25, -0.2) is 0 Å². The summed E-state index contributed by atoms with van der Waals surface area (Å²) >= 11 is 9.52. The van der Waals surface area contributed by atoms with Crippen LogP contribution in [0.2, 0.25) is 5.02 Å². The third kappa shape index (κ3) is 5.23. The van der Waals surface area contributed by atoms with Gasteiger partial charge in [-0.1, -0.05) is 64.3 Å². The second-order valence-electron chi connectivity index (χ2n) is 6.42. The van der Waals surface area contributed by atoms with E-state index in [2.05, 4.69) is 15.9 Å². The molecule has 0 saturated heterocycles. The topological polar surface area (TPSA) is 29.5 Å². The van der Waals surface area contributed by atoms with Crippen LogP contribution in [0.15, 0.2) is 53.0 Å². The molecule has 0 aromatic heterocycles. The molecule has 1 saturated carbocycles. The molecular weight excluding hydrogens is 402 g/mol. The van der Waals surface area contributed by atoms with Gasteiger partial charge >= 0.3 is 0 Å². The number of nitrogens with zero attached hydrogens (tertiary/aromatic N) is 1. The van der Waals surface area contributed by atoms with Crippen LogP contribution in [0.4, 0.5) is 0 Å². The first-order valence-electron chi connectivity index (χ1n) is 8.51. The summed E-state index contributed by atoms with van der Waals surface area (Å²) < 4.78 is 6.54. The van der Waals surface area contributed by atoms with Crippen molar-refractivity contribution in [2.45, 2.75) is 25.8 Å². The predicted molar refractivity (Wildman–Crippen MR) is 104 cm³/mol. The van der Waals surface area contributed by atoms with Crippen LogP contribution in [0.1, 0.15) is 24.8 Å². The van der Waals surface area contributed by atoms with E-state index in [0.717, 1.165) is 16.6 Å². The van der Waals surface area contributed by atoms with E-state index in [4.69, 9.17) is 16.3 Å². The van der Waals surface area contributed by atoms with E-state index in [0.29, 0.717) is 23.2 Å². The molecule has 2 aromatic rings. The smallest absolute Gasteiger partial charge is 0.260 e. The Morgan fingerprint density at radius 1 is 1.20 bits per heavy atom. The second-order valence-corrected chi connectivity index (χ2v) is 7.74. The van der Waals surface area contributed by atoms with Gasteiger partial charge in [0.25, 0.3) is 5.91 Å². The number of rotatable bonds is 7. The number of hydrogen-bond donors (Lipinski definition) is 0. The fraction of sp³-hybridized carbons (Fsp3) is 0.350. The van der Waals surface area contributed by atoms with E-state index in [-0.39, 0.29) is 12.5 Å². The Hall–Kier alpha value is -1.52. The number of carbonyl (C=O) groups excluding carboxylic acids is 1. The number of halogens is 2. The van der Waals surface area contributed by atoms with Crippen molar-refractivity contribution in [2.75, 3.05) is 13.2 Å². The van der Waals surface area contributed by atoms with Gasteiger partial charge in [0.1, 0.15) is 5.75 Å². The van der Waals surface area contributed by atoms with E-state index in [1.807, 2.05) is 41.3 Å². The zero-order valence-electron chi connectivity index (χ0n) is 14.0. The van der Waals surface area contributed by atoms with E-state index < -0.39 is 0 Å². The maximum atomic E-state index is 12.7. The molecule has 132 valence electrons. The number of benzene rings is 2. The Morgan fingerprint density at radius 2 is 1.96 bits per heavy atom. The molecule has 0 N–H and O–H groups in total. The summed E-state index contributed by atoms with van der Waals surface area (Å²) in [6, 6.07) is 15.5. The standard InChI is InChI=1S/C20H21BrClNO2/c21-17-9-10-19(18(22)11-17)25-14-20(24)23(13-16-7-4-8-16)12-15-5-2-1-3-6-15/h1-3,5-6,9-11,16H,4,7-8,12-14H2. The van der Waals surface area contributed by atoms with Gasteiger partial charge in [-0.15, -0.1) is 0 Å². The fourth-order valence-electron chi connectivity index (χ4n) is 2.87. The third-order valence-electron chi connectivity index (χ3n) is 4.52. The number of carbonyl (C=O) groups is 1. The average molecular weight is 423 g/mol. The van der Waals surface area contributed by atoms with Crippen molar-refractivity contribution in [3.63, 3.8) is 0 Å². The van der Waals surface area contributed by atoms with Gasteiger partial charge < -0.3 is 9.64 Å². The zero-order chi connectivity index (χ0) is 17.6. The predicted octanol–water partition coefficient (Wildman–Crippen LogP) is 5.31. The zero-order valence-corrected chi connectivity index (χ0v) is 16.3. The van der Waals surface area contributed by atoms with Crippen molar-refractivity contribution in [3.8, 4) is 5.75 Å². The van der Waals surface area contributed by atoms with Gasteiger partial charge in [0.15, 0.2) is 6.61 Å². The van der Waals surface area contributed by atoms with Crippen LogP contribution in [0.25, 0.3) is 0 Å². The Morgan fingerprint density at radius 3 is 2.60 bits per heavy atom. The number of hydrogen-bond acceptors (Lipinski definition) is 2. The lowest BCUT2D eigenvalue weighted by atomic mass is 9.85. The fourth-order valence-corrected chi connectivity index (χ4v) is 3.60. The Balaban J connectivity index is 1.63. The van der Waals surface area contributed by atoms with Crippen molar-refractivity contribution >= 4 is 33.4 Å². The maximum Gasteiger partial charge on any atom is 0.260 e. The van der Waals surface area contributed by atoms with Crippen LogP contribution >= 0.6 is 27.5 Å². The molecule has 0 aliphatic heterocycles. The number of amides is 1. The highest BCUT2D eigenvalue weighted by atomic mass is 79.9. The van der Waals surface area contributed by atoms with Gasteiger partial charge in [0.05, 0.1) is 5.02 Å². The molecule has 2 aromatic carbocycles. The highest BCUT2D eigenvalue weighted by Crippen LogP contribution is 2.29. The quantitative estimate of drug-likeness (QED) is 0.605. The van der Waals surface area contributed by atoms with Gasteiger partial charge in [-0.05, 0) is 42.5 Å². The lowest BCUT2D eigenvalue weighted by Gasteiger charge is -2.32. The molecular formula is C20H21BrClNO2. The minimum atomic E-state index is -0.00487. The number of ether oxygens (including phenoxy) is 1. The van der Waals surface area contributed by atoms with E-state index in [1.54, 1.807) is 12.1 Å². The summed E-state index contributed by atoms with van der Waals surface area (Å²) in [5.74, 6) is 1.14. The molecule has 1 amide bonds. The molecule has 1 fully saturated rings. The minimum absolute atomic E-state index is 0.000899. The Labute approximate surface area is 162 Å². The van der Waals surface area contributed by atoms with Crippen molar-refractivity contribution in [2.24, 2.45) is 5.92 Å². The summed E-state index contributed by atoms with van der Waals surface area (Å²) in [5, 5.41) is 0.496.